The Balaban J connectivity index is 2.63. The third-order valence-corrected chi connectivity index (χ3v) is 3.34. The van der Waals surface area contributed by atoms with Crippen LogP contribution in [0.5, 0.6) is 0 Å². The Bertz CT molecular complexity index is 384. The lowest BCUT2D eigenvalue weighted by molar-refractivity contribution is 0.0942. The second kappa shape index (κ2) is 6.23. The molecule has 0 aliphatic rings. The third kappa shape index (κ3) is 3.77. The predicted octanol–water partition coefficient (Wildman–Crippen LogP) is 2.46. The first kappa shape index (κ1) is 13.5. The average Bonchev–Trinajstić information content (AvgIpc) is 2.29. The first-order valence-electron chi connectivity index (χ1n) is 4.88. The number of hydrogen-bond acceptors (Lipinski definition) is 2. The predicted molar refractivity (Wildman–Crippen MR) is 67.7 cm³/mol. The SMILES string of the molecule is CC(CO)CNC(=O)c1ccc(Br)c(Cl)c1. The van der Waals surface area contributed by atoms with Crippen LogP contribution in [0.1, 0.15) is 17.3 Å². The fourth-order valence-corrected chi connectivity index (χ4v) is 1.50. The smallest absolute Gasteiger partial charge is 0.251 e. The Morgan fingerprint density at radius 1 is 1.62 bits per heavy atom. The topological polar surface area (TPSA) is 49.3 Å². The highest BCUT2D eigenvalue weighted by atomic mass is 79.9. The monoisotopic (exact) mass is 305 g/mol. The van der Waals surface area contributed by atoms with Crippen molar-refractivity contribution in [3.05, 3.63) is 33.3 Å². The van der Waals surface area contributed by atoms with E-state index in [-0.39, 0.29) is 18.4 Å². The molecule has 88 valence electrons. The van der Waals surface area contributed by atoms with Crippen molar-refractivity contribution in [2.24, 2.45) is 5.92 Å². The molecule has 1 unspecified atom stereocenters. The van der Waals surface area contributed by atoms with Crippen LogP contribution in [-0.2, 0) is 0 Å². The summed E-state index contributed by atoms with van der Waals surface area (Å²) in [6, 6.07) is 5.02. The van der Waals surface area contributed by atoms with Crippen molar-refractivity contribution >= 4 is 33.4 Å². The molecule has 0 radical (unpaired) electrons. The van der Waals surface area contributed by atoms with Gasteiger partial charge in [0.15, 0.2) is 0 Å². The molecular formula is C11H13BrClNO2. The maximum absolute atomic E-state index is 11.7. The minimum absolute atomic E-state index is 0.0508. The zero-order chi connectivity index (χ0) is 12.1. The molecule has 0 heterocycles. The number of amides is 1. The van der Waals surface area contributed by atoms with Crippen molar-refractivity contribution < 1.29 is 9.90 Å². The summed E-state index contributed by atoms with van der Waals surface area (Å²) in [6.45, 7) is 2.36. The molecule has 2 N–H and O–H groups in total. The Labute approximate surface area is 108 Å². The molecule has 0 bridgehead atoms. The number of rotatable bonds is 4. The highest BCUT2D eigenvalue weighted by Gasteiger charge is 2.08. The van der Waals surface area contributed by atoms with Crippen molar-refractivity contribution in [3.63, 3.8) is 0 Å². The fraction of sp³-hybridized carbons (Fsp3) is 0.364. The Morgan fingerprint density at radius 3 is 2.88 bits per heavy atom. The molecule has 0 aliphatic carbocycles. The van der Waals surface area contributed by atoms with E-state index in [0.29, 0.717) is 17.1 Å². The minimum Gasteiger partial charge on any atom is -0.396 e. The van der Waals surface area contributed by atoms with Crippen LogP contribution in [0.2, 0.25) is 5.02 Å². The van der Waals surface area contributed by atoms with Gasteiger partial charge >= 0.3 is 0 Å². The molecule has 0 aromatic heterocycles. The van der Waals surface area contributed by atoms with Crippen LogP contribution >= 0.6 is 27.5 Å². The molecule has 1 amide bonds. The first-order valence-corrected chi connectivity index (χ1v) is 6.05. The second-order valence-electron chi connectivity index (χ2n) is 3.63. The highest BCUT2D eigenvalue weighted by molar-refractivity contribution is 9.10. The van der Waals surface area contributed by atoms with E-state index in [1.54, 1.807) is 18.2 Å². The van der Waals surface area contributed by atoms with E-state index >= 15 is 0 Å². The molecule has 3 nitrogen and oxygen atoms in total. The van der Waals surface area contributed by atoms with Gasteiger partial charge in [0.05, 0.1) is 5.02 Å². The van der Waals surface area contributed by atoms with Gasteiger partial charge in [-0.3, -0.25) is 4.79 Å². The summed E-state index contributed by atoms with van der Waals surface area (Å²) in [6.07, 6.45) is 0. The van der Waals surface area contributed by atoms with Gasteiger partial charge in [-0.15, -0.1) is 0 Å². The summed E-state index contributed by atoms with van der Waals surface area (Å²) in [5, 5.41) is 12.0. The number of carbonyl (C=O) groups excluding carboxylic acids is 1. The van der Waals surface area contributed by atoms with E-state index in [2.05, 4.69) is 21.2 Å². The van der Waals surface area contributed by atoms with Crippen LogP contribution in [0.15, 0.2) is 22.7 Å². The Kier molecular flexibility index (Phi) is 5.25. The first-order chi connectivity index (χ1) is 7.54. The summed E-state index contributed by atoms with van der Waals surface area (Å²) in [5.41, 5.74) is 0.512. The van der Waals surface area contributed by atoms with E-state index < -0.39 is 0 Å². The van der Waals surface area contributed by atoms with E-state index in [1.165, 1.54) is 0 Å². The van der Waals surface area contributed by atoms with Gasteiger partial charge in [-0.05, 0) is 40.0 Å². The number of aliphatic hydroxyl groups is 1. The molecule has 0 aliphatic heterocycles. The number of nitrogens with one attached hydrogen (secondary N) is 1. The van der Waals surface area contributed by atoms with Crippen LogP contribution in [0.4, 0.5) is 0 Å². The summed E-state index contributed by atoms with van der Waals surface area (Å²) in [5.74, 6) is -0.135. The van der Waals surface area contributed by atoms with Gasteiger partial charge in [0.25, 0.3) is 5.91 Å². The van der Waals surface area contributed by atoms with Gasteiger partial charge in [-0.25, -0.2) is 0 Å². The number of hydrogen-bond donors (Lipinski definition) is 2. The van der Waals surface area contributed by atoms with Crippen LogP contribution in [0.3, 0.4) is 0 Å². The number of halogens is 2. The average molecular weight is 307 g/mol. The van der Waals surface area contributed by atoms with Gasteiger partial charge in [0.2, 0.25) is 0 Å². The van der Waals surface area contributed by atoms with Crippen molar-refractivity contribution in [1.82, 2.24) is 5.32 Å². The third-order valence-electron chi connectivity index (χ3n) is 2.10. The minimum atomic E-state index is -0.185. The molecule has 1 atom stereocenters. The van der Waals surface area contributed by atoms with Gasteiger partial charge in [-0.1, -0.05) is 18.5 Å². The van der Waals surface area contributed by atoms with Gasteiger partial charge in [-0.2, -0.15) is 0 Å². The summed E-state index contributed by atoms with van der Waals surface area (Å²) in [7, 11) is 0. The summed E-state index contributed by atoms with van der Waals surface area (Å²) < 4.78 is 0.759. The fourth-order valence-electron chi connectivity index (χ4n) is 1.07. The van der Waals surface area contributed by atoms with Crippen LogP contribution < -0.4 is 5.32 Å². The molecule has 1 aromatic carbocycles. The van der Waals surface area contributed by atoms with E-state index in [0.717, 1.165) is 4.47 Å². The molecule has 0 fully saturated rings. The Morgan fingerprint density at radius 2 is 2.31 bits per heavy atom. The van der Waals surface area contributed by atoms with Crippen LogP contribution in [-0.4, -0.2) is 24.2 Å². The van der Waals surface area contributed by atoms with E-state index in [1.807, 2.05) is 6.92 Å². The van der Waals surface area contributed by atoms with Crippen molar-refractivity contribution in [1.29, 1.82) is 0 Å². The molecule has 1 rings (SSSR count). The van der Waals surface area contributed by atoms with Crippen LogP contribution in [0, 0.1) is 5.92 Å². The van der Waals surface area contributed by atoms with Gasteiger partial charge < -0.3 is 10.4 Å². The lowest BCUT2D eigenvalue weighted by Crippen LogP contribution is -2.29. The quantitative estimate of drug-likeness (QED) is 0.898. The molecular weight excluding hydrogens is 293 g/mol. The van der Waals surface area contributed by atoms with Gasteiger partial charge in [0.1, 0.15) is 0 Å². The van der Waals surface area contributed by atoms with Gasteiger partial charge in [0, 0.05) is 23.2 Å². The lowest BCUT2D eigenvalue weighted by Gasteiger charge is -2.09. The zero-order valence-electron chi connectivity index (χ0n) is 8.84. The summed E-state index contributed by atoms with van der Waals surface area (Å²) in [4.78, 5) is 11.7. The number of carbonyl (C=O) groups is 1. The Hall–Kier alpha value is -0.580. The summed E-state index contributed by atoms with van der Waals surface area (Å²) >= 11 is 9.14. The molecule has 5 heteroatoms. The maximum Gasteiger partial charge on any atom is 0.251 e. The van der Waals surface area contributed by atoms with E-state index in [4.69, 9.17) is 16.7 Å². The molecule has 0 saturated heterocycles. The highest BCUT2D eigenvalue weighted by Crippen LogP contribution is 2.23. The van der Waals surface area contributed by atoms with E-state index in [9.17, 15) is 4.79 Å². The number of aliphatic hydroxyl groups excluding tert-OH is 1. The molecule has 1 aromatic rings. The standard InChI is InChI=1S/C11H13BrClNO2/c1-7(6-15)5-14-11(16)8-2-3-9(12)10(13)4-8/h2-4,7,15H,5-6H2,1H3,(H,14,16). The number of benzene rings is 1. The molecule has 0 spiro atoms. The van der Waals surface area contributed by atoms with Crippen molar-refractivity contribution in [3.8, 4) is 0 Å². The zero-order valence-corrected chi connectivity index (χ0v) is 11.2. The normalized spacial score (nSPS) is 12.2. The molecule has 0 saturated carbocycles. The van der Waals surface area contributed by atoms with Crippen molar-refractivity contribution in [2.45, 2.75) is 6.92 Å². The largest absolute Gasteiger partial charge is 0.396 e. The van der Waals surface area contributed by atoms with Crippen molar-refractivity contribution in [2.75, 3.05) is 13.2 Å². The molecule has 16 heavy (non-hydrogen) atoms. The van der Waals surface area contributed by atoms with Crippen LogP contribution in [0.25, 0.3) is 0 Å². The lowest BCUT2D eigenvalue weighted by atomic mass is 10.2. The maximum atomic E-state index is 11.7. The second-order valence-corrected chi connectivity index (χ2v) is 4.89.